The molecule has 1 rings (SSSR count). The average Bonchev–Trinajstić information content (AvgIpc) is 2.03. The fourth-order valence-electron chi connectivity index (χ4n) is 0.782. The Balaban J connectivity index is 2.86. The van der Waals surface area contributed by atoms with E-state index in [0.717, 1.165) is 0 Å². The summed E-state index contributed by atoms with van der Waals surface area (Å²) in [6.07, 6.45) is 3.38. The van der Waals surface area contributed by atoms with Crippen LogP contribution in [-0.2, 0) is 0 Å². The molecule has 0 unspecified atom stereocenters. The number of benzene rings is 1. The molecule has 58 valence electrons. The summed E-state index contributed by atoms with van der Waals surface area (Å²) in [5, 5.41) is 0. The van der Waals surface area contributed by atoms with Crippen molar-refractivity contribution in [3.05, 3.63) is 41.7 Å². The molecule has 0 aromatic heterocycles. The number of alkyl halides is 1. The van der Waals surface area contributed by atoms with Crippen molar-refractivity contribution in [1.82, 2.24) is 0 Å². The van der Waals surface area contributed by atoms with Gasteiger partial charge in [0.15, 0.2) is 0 Å². The molecule has 0 atom stereocenters. The zero-order valence-electron chi connectivity index (χ0n) is 5.93. The van der Waals surface area contributed by atoms with E-state index in [-0.39, 0.29) is 5.82 Å². The highest BCUT2D eigenvalue weighted by molar-refractivity contribution is 6.19. The molecule has 0 spiro atoms. The van der Waals surface area contributed by atoms with Crippen LogP contribution in [0.3, 0.4) is 0 Å². The smallest absolute Gasteiger partial charge is 0.130 e. The van der Waals surface area contributed by atoms with Gasteiger partial charge in [0.25, 0.3) is 0 Å². The van der Waals surface area contributed by atoms with Crippen LogP contribution in [0.4, 0.5) is 4.39 Å². The highest BCUT2D eigenvalue weighted by Gasteiger charge is 1.93. The number of halogens is 2. The first-order chi connectivity index (χ1) is 5.34. The summed E-state index contributed by atoms with van der Waals surface area (Å²) in [5.74, 6) is 0.197. The summed E-state index contributed by atoms with van der Waals surface area (Å²) in [4.78, 5) is 0. The maximum atomic E-state index is 12.8. The quantitative estimate of drug-likeness (QED) is 0.599. The van der Waals surface area contributed by atoms with E-state index in [0.29, 0.717) is 11.4 Å². The molecule has 1 aromatic rings. The van der Waals surface area contributed by atoms with Gasteiger partial charge in [-0.25, -0.2) is 4.39 Å². The van der Waals surface area contributed by atoms with Gasteiger partial charge in [-0.15, -0.1) is 11.6 Å². The van der Waals surface area contributed by atoms with E-state index in [1.807, 2.05) is 0 Å². The topological polar surface area (TPSA) is 0 Å². The van der Waals surface area contributed by atoms with Crippen LogP contribution in [0.1, 0.15) is 5.56 Å². The minimum Gasteiger partial charge on any atom is -0.206 e. The highest BCUT2D eigenvalue weighted by atomic mass is 35.5. The minimum atomic E-state index is -0.214. The van der Waals surface area contributed by atoms with E-state index in [1.165, 1.54) is 6.07 Å². The lowest BCUT2D eigenvalue weighted by molar-refractivity contribution is 0.625. The third-order valence-corrected chi connectivity index (χ3v) is 1.47. The first kappa shape index (κ1) is 8.28. The Kier molecular flexibility index (Phi) is 3.12. The number of hydrogen-bond acceptors (Lipinski definition) is 0. The standard InChI is InChI=1S/C9H8ClF/c10-7-3-5-8-4-1-2-6-9(8)11/h1-6H,7H2/b5-3+. The zero-order chi connectivity index (χ0) is 8.10. The Morgan fingerprint density at radius 2 is 2.09 bits per heavy atom. The number of allylic oxidation sites excluding steroid dienone is 1. The van der Waals surface area contributed by atoms with Crippen LogP contribution in [0, 0.1) is 5.82 Å². The first-order valence-corrected chi connectivity index (χ1v) is 3.85. The van der Waals surface area contributed by atoms with Gasteiger partial charge in [0, 0.05) is 11.4 Å². The largest absolute Gasteiger partial charge is 0.206 e. The molecule has 0 aliphatic rings. The van der Waals surface area contributed by atoms with Crippen molar-refractivity contribution < 1.29 is 4.39 Å². The molecule has 0 aliphatic carbocycles. The van der Waals surface area contributed by atoms with Crippen LogP contribution >= 0.6 is 11.6 Å². The third kappa shape index (κ3) is 2.35. The molecule has 0 saturated carbocycles. The molecule has 0 fully saturated rings. The summed E-state index contributed by atoms with van der Waals surface area (Å²) in [6, 6.07) is 6.58. The Morgan fingerprint density at radius 1 is 1.36 bits per heavy atom. The Hall–Kier alpha value is -0.820. The van der Waals surface area contributed by atoms with Gasteiger partial charge in [-0.2, -0.15) is 0 Å². The first-order valence-electron chi connectivity index (χ1n) is 3.31. The number of hydrogen-bond donors (Lipinski definition) is 0. The van der Waals surface area contributed by atoms with Crippen LogP contribution < -0.4 is 0 Å². The van der Waals surface area contributed by atoms with Crippen LogP contribution in [0.2, 0.25) is 0 Å². The van der Waals surface area contributed by atoms with Gasteiger partial charge in [-0.3, -0.25) is 0 Å². The molecule has 0 bridgehead atoms. The van der Waals surface area contributed by atoms with Gasteiger partial charge in [-0.05, 0) is 6.07 Å². The number of rotatable bonds is 2. The molecule has 0 nitrogen and oxygen atoms in total. The molecule has 2 heteroatoms. The molecule has 0 aliphatic heterocycles. The summed E-state index contributed by atoms with van der Waals surface area (Å²) in [7, 11) is 0. The second-order valence-electron chi connectivity index (χ2n) is 2.08. The average molecular weight is 171 g/mol. The predicted octanol–water partition coefficient (Wildman–Crippen LogP) is 3.08. The van der Waals surface area contributed by atoms with E-state index in [4.69, 9.17) is 11.6 Å². The lowest BCUT2D eigenvalue weighted by Crippen LogP contribution is -1.78. The SMILES string of the molecule is Fc1ccccc1/C=C/CCl. The lowest BCUT2D eigenvalue weighted by atomic mass is 10.2. The molecule has 1 aromatic carbocycles. The van der Waals surface area contributed by atoms with Gasteiger partial charge in [0.05, 0.1) is 0 Å². The van der Waals surface area contributed by atoms with Crippen LogP contribution in [0.25, 0.3) is 6.08 Å². The van der Waals surface area contributed by atoms with E-state index >= 15 is 0 Å². The van der Waals surface area contributed by atoms with Crippen molar-refractivity contribution in [3.63, 3.8) is 0 Å². The lowest BCUT2D eigenvalue weighted by Gasteiger charge is -1.93. The van der Waals surface area contributed by atoms with Gasteiger partial charge in [0.1, 0.15) is 5.82 Å². The zero-order valence-corrected chi connectivity index (χ0v) is 6.68. The van der Waals surface area contributed by atoms with Crippen LogP contribution in [-0.4, -0.2) is 5.88 Å². The van der Waals surface area contributed by atoms with Gasteiger partial charge >= 0.3 is 0 Å². The van der Waals surface area contributed by atoms with E-state index in [9.17, 15) is 4.39 Å². The summed E-state index contributed by atoms with van der Waals surface area (Å²) >= 11 is 5.39. The summed E-state index contributed by atoms with van der Waals surface area (Å²) in [5.41, 5.74) is 0.577. The molecular weight excluding hydrogens is 163 g/mol. The van der Waals surface area contributed by atoms with E-state index in [1.54, 1.807) is 30.4 Å². The molecular formula is C9H8ClF. The summed E-state index contributed by atoms with van der Waals surface area (Å²) < 4.78 is 12.8. The minimum absolute atomic E-state index is 0.214. The predicted molar refractivity (Wildman–Crippen MR) is 46.2 cm³/mol. The van der Waals surface area contributed by atoms with E-state index < -0.39 is 0 Å². The second kappa shape index (κ2) is 4.14. The molecule has 11 heavy (non-hydrogen) atoms. The maximum Gasteiger partial charge on any atom is 0.130 e. The van der Waals surface area contributed by atoms with Crippen molar-refractivity contribution in [3.8, 4) is 0 Å². The third-order valence-electron chi connectivity index (χ3n) is 1.29. The van der Waals surface area contributed by atoms with E-state index in [2.05, 4.69) is 0 Å². The van der Waals surface area contributed by atoms with Crippen molar-refractivity contribution >= 4 is 17.7 Å². The molecule has 0 radical (unpaired) electrons. The Bertz CT molecular complexity index is 255. The molecule has 0 amide bonds. The Morgan fingerprint density at radius 3 is 2.73 bits per heavy atom. The van der Waals surface area contributed by atoms with Gasteiger partial charge in [-0.1, -0.05) is 30.4 Å². The molecule has 0 N–H and O–H groups in total. The van der Waals surface area contributed by atoms with Crippen LogP contribution in [0.15, 0.2) is 30.3 Å². The van der Waals surface area contributed by atoms with Crippen molar-refractivity contribution in [2.24, 2.45) is 0 Å². The van der Waals surface area contributed by atoms with Crippen molar-refractivity contribution in [2.45, 2.75) is 0 Å². The van der Waals surface area contributed by atoms with Gasteiger partial charge < -0.3 is 0 Å². The second-order valence-corrected chi connectivity index (χ2v) is 2.39. The van der Waals surface area contributed by atoms with Gasteiger partial charge in [0.2, 0.25) is 0 Å². The monoisotopic (exact) mass is 170 g/mol. The fraction of sp³-hybridized carbons (Fsp3) is 0.111. The summed E-state index contributed by atoms with van der Waals surface area (Å²) in [6.45, 7) is 0. The normalized spacial score (nSPS) is 10.7. The Labute approximate surface area is 70.3 Å². The highest BCUT2D eigenvalue weighted by Crippen LogP contribution is 2.07. The molecule has 0 heterocycles. The fourth-order valence-corrected chi connectivity index (χ4v) is 0.871. The van der Waals surface area contributed by atoms with Crippen LogP contribution in [0.5, 0.6) is 0 Å². The van der Waals surface area contributed by atoms with Crippen molar-refractivity contribution in [1.29, 1.82) is 0 Å². The molecule has 0 saturated heterocycles. The van der Waals surface area contributed by atoms with Crippen molar-refractivity contribution in [2.75, 3.05) is 5.88 Å². The maximum absolute atomic E-state index is 12.8.